The highest BCUT2D eigenvalue weighted by Gasteiger charge is 2.30. The number of anilines is 1. The van der Waals surface area contributed by atoms with Gasteiger partial charge in [-0.15, -0.1) is 0 Å². The molecule has 0 spiro atoms. The van der Waals surface area contributed by atoms with E-state index in [0.29, 0.717) is 18.9 Å². The lowest BCUT2D eigenvalue weighted by Gasteiger charge is -2.38. The third-order valence-corrected chi connectivity index (χ3v) is 4.80. The average Bonchev–Trinajstić information content (AvgIpc) is 3.13. The van der Waals surface area contributed by atoms with Crippen molar-refractivity contribution in [3.8, 4) is 0 Å². The van der Waals surface area contributed by atoms with Crippen molar-refractivity contribution in [1.82, 2.24) is 19.4 Å². The van der Waals surface area contributed by atoms with Crippen molar-refractivity contribution in [3.63, 3.8) is 0 Å². The van der Waals surface area contributed by atoms with Crippen LogP contribution in [0.1, 0.15) is 18.7 Å². The van der Waals surface area contributed by atoms with E-state index in [0.717, 1.165) is 17.6 Å². The summed E-state index contributed by atoms with van der Waals surface area (Å²) in [6, 6.07) is 12.2. The van der Waals surface area contributed by atoms with Crippen LogP contribution >= 0.6 is 0 Å². The molecule has 1 aliphatic rings. The molecule has 0 unspecified atom stereocenters. The van der Waals surface area contributed by atoms with Crippen LogP contribution in [0.15, 0.2) is 48.9 Å². The first-order valence-electron chi connectivity index (χ1n) is 9.22. The van der Waals surface area contributed by atoms with Gasteiger partial charge < -0.3 is 19.8 Å². The van der Waals surface area contributed by atoms with Crippen molar-refractivity contribution in [1.29, 1.82) is 0 Å². The van der Waals surface area contributed by atoms with Crippen LogP contribution in [-0.4, -0.2) is 51.2 Å². The van der Waals surface area contributed by atoms with Crippen LogP contribution in [0.3, 0.4) is 0 Å². The van der Waals surface area contributed by atoms with Crippen molar-refractivity contribution in [2.45, 2.75) is 25.8 Å². The van der Waals surface area contributed by atoms with Gasteiger partial charge in [0.1, 0.15) is 36.7 Å². The molecule has 2 atom stereocenters. The molecule has 2 aromatic heterocycles. The number of morpholine rings is 1. The van der Waals surface area contributed by atoms with E-state index in [1.807, 2.05) is 35.0 Å². The predicted molar refractivity (Wildman–Crippen MR) is 104 cm³/mol. The summed E-state index contributed by atoms with van der Waals surface area (Å²) in [5, 5.41) is 0.794. The Labute approximate surface area is 162 Å². The highest BCUT2D eigenvalue weighted by atomic mass is 16.6. The Kier molecular flexibility index (Phi) is 5.23. The molecule has 1 saturated heterocycles. The van der Waals surface area contributed by atoms with Gasteiger partial charge in [-0.1, -0.05) is 30.3 Å². The van der Waals surface area contributed by atoms with Crippen molar-refractivity contribution >= 4 is 22.8 Å². The topological polar surface area (TPSA) is 95.5 Å². The van der Waals surface area contributed by atoms with Gasteiger partial charge in [0.2, 0.25) is 0 Å². The minimum absolute atomic E-state index is 0.216. The Morgan fingerprint density at radius 2 is 2.07 bits per heavy atom. The van der Waals surface area contributed by atoms with Crippen LogP contribution in [0, 0.1) is 0 Å². The van der Waals surface area contributed by atoms with Gasteiger partial charge in [-0.05, 0) is 11.6 Å². The standard InChI is InChI=1S/C20H23N5O3/c1-14(26)27-12-16-10-24(9-15-5-3-2-4-6-15)11-18(28-16)25-8-7-17-19(21)22-13-23-20(17)25/h2-8,13,16,18H,9-12H2,1H3,(H2,21,22,23)/t16-,18+/m0/s1. The number of nitrogens with zero attached hydrogens (tertiary/aromatic N) is 4. The molecular formula is C20H23N5O3. The Bertz CT molecular complexity index is 959. The molecule has 2 N–H and O–H groups in total. The minimum Gasteiger partial charge on any atom is -0.463 e. The van der Waals surface area contributed by atoms with Gasteiger partial charge in [0, 0.05) is 32.8 Å². The summed E-state index contributed by atoms with van der Waals surface area (Å²) in [6.45, 7) is 3.76. The molecule has 1 fully saturated rings. The normalized spacial score (nSPS) is 20.3. The number of nitrogens with two attached hydrogens (primary N) is 1. The summed E-state index contributed by atoms with van der Waals surface area (Å²) in [7, 11) is 0. The zero-order valence-corrected chi connectivity index (χ0v) is 15.7. The number of benzene rings is 1. The molecule has 0 saturated carbocycles. The number of aromatic nitrogens is 3. The number of nitrogen functional groups attached to an aromatic ring is 1. The molecule has 0 amide bonds. The lowest BCUT2D eigenvalue weighted by molar-refractivity contribution is -0.161. The fourth-order valence-electron chi connectivity index (χ4n) is 3.54. The predicted octanol–water partition coefficient (Wildman–Crippen LogP) is 1.98. The lowest BCUT2D eigenvalue weighted by atomic mass is 10.2. The molecular weight excluding hydrogens is 358 g/mol. The number of carbonyl (C=O) groups excluding carboxylic acids is 1. The van der Waals surface area contributed by atoms with Crippen molar-refractivity contribution in [3.05, 3.63) is 54.5 Å². The van der Waals surface area contributed by atoms with Crippen LogP contribution < -0.4 is 5.73 Å². The first-order chi connectivity index (χ1) is 13.6. The quantitative estimate of drug-likeness (QED) is 0.675. The summed E-state index contributed by atoms with van der Waals surface area (Å²) in [6.07, 6.45) is 2.86. The van der Waals surface area contributed by atoms with E-state index in [9.17, 15) is 4.79 Å². The second-order valence-electron chi connectivity index (χ2n) is 6.91. The molecule has 0 bridgehead atoms. The van der Waals surface area contributed by atoms with Crippen molar-refractivity contribution in [2.75, 3.05) is 25.4 Å². The van der Waals surface area contributed by atoms with Gasteiger partial charge in [-0.3, -0.25) is 9.69 Å². The smallest absolute Gasteiger partial charge is 0.302 e. The van der Waals surface area contributed by atoms with Gasteiger partial charge in [0.05, 0.1) is 5.39 Å². The number of ether oxygens (including phenoxy) is 2. The number of hydrogen-bond donors (Lipinski definition) is 1. The Morgan fingerprint density at radius 1 is 1.25 bits per heavy atom. The SMILES string of the molecule is CC(=O)OC[C@@H]1CN(Cc2ccccc2)C[C@H](n2ccc3c(N)ncnc32)O1. The van der Waals surface area contributed by atoms with E-state index in [1.165, 1.54) is 18.8 Å². The number of carbonyl (C=O) groups is 1. The molecule has 0 aliphatic carbocycles. The first-order valence-corrected chi connectivity index (χ1v) is 9.22. The maximum atomic E-state index is 11.3. The number of hydrogen-bond acceptors (Lipinski definition) is 7. The lowest BCUT2D eigenvalue weighted by Crippen LogP contribution is -2.47. The summed E-state index contributed by atoms with van der Waals surface area (Å²) in [5.74, 6) is 0.129. The molecule has 4 rings (SSSR count). The molecule has 146 valence electrons. The molecule has 3 heterocycles. The minimum atomic E-state index is -0.313. The van der Waals surface area contributed by atoms with Crippen LogP contribution in [-0.2, 0) is 20.8 Å². The van der Waals surface area contributed by atoms with Crippen molar-refractivity contribution in [2.24, 2.45) is 0 Å². The van der Waals surface area contributed by atoms with E-state index in [4.69, 9.17) is 15.2 Å². The number of rotatable bonds is 5. The molecule has 28 heavy (non-hydrogen) atoms. The Morgan fingerprint density at radius 3 is 2.86 bits per heavy atom. The van der Waals surface area contributed by atoms with Crippen LogP contribution in [0.4, 0.5) is 5.82 Å². The fraction of sp³-hybridized carbons (Fsp3) is 0.350. The van der Waals surface area contributed by atoms with E-state index < -0.39 is 0 Å². The molecule has 8 nitrogen and oxygen atoms in total. The third kappa shape index (κ3) is 3.97. The van der Waals surface area contributed by atoms with E-state index in [1.54, 1.807) is 0 Å². The van der Waals surface area contributed by atoms with E-state index >= 15 is 0 Å². The summed E-state index contributed by atoms with van der Waals surface area (Å²) in [4.78, 5) is 22.0. The number of fused-ring (bicyclic) bond motifs is 1. The van der Waals surface area contributed by atoms with Gasteiger partial charge in [-0.25, -0.2) is 9.97 Å². The second-order valence-corrected chi connectivity index (χ2v) is 6.91. The highest BCUT2D eigenvalue weighted by molar-refractivity contribution is 5.86. The fourth-order valence-corrected chi connectivity index (χ4v) is 3.54. The average molecular weight is 381 g/mol. The third-order valence-electron chi connectivity index (χ3n) is 4.80. The van der Waals surface area contributed by atoms with Gasteiger partial charge >= 0.3 is 5.97 Å². The van der Waals surface area contributed by atoms with Crippen LogP contribution in [0.2, 0.25) is 0 Å². The van der Waals surface area contributed by atoms with Gasteiger partial charge in [-0.2, -0.15) is 0 Å². The van der Waals surface area contributed by atoms with Crippen LogP contribution in [0.25, 0.3) is 11.0 Å². The zero-order valence-electron chi connectivity index (χ0n) is 15.7. The molecule has 1 aromatic carbocycles. The highest BCUT2D eigenvalue weighted by Crippen LogP contribution is 2.27. The van der Waals surface area contributed by atoms with E-state index in [-0.39, 0.29) is 24.9 Å². The second kappa shape index (κ2) is 7.95. The van der Waals surface area contributed by atoms with Gasteiger partial charge in [0.15, 0.2) is 0 Å². The maximum Gasteiger partial charge on any atom is 0.302 e. The van der Waals surface area contributed by atoms with Gasteiger partial charge in [0.25, 0.3) is 0 Å². The summed E-state index contributed by atoms with van der Waals surface area (Å²) >= 11 is 0. The van der Waals surface area contributed by atoms with Crippen molar-refractivity contribution < 1.29 is 14.3 Å². The Balaban J connectivity index is 1.59. The first kappa shape index (κ1) is 18.4. The Hall–Kier alpha value is -2.97. The van der Waals surface area contributed by atoms with E-state index in [2.05, 4.69) is 27.0 Å². The zero-order chi connectivity index (χ0) is 19.5. The maximum absolute atomic E-state index is 11.3. The summed E-state index contributed by atoms with van der Waals surface area (Å²) in [5.41, 5.74) is 7.91. The monoisotopic (exact) mass is 381 g/mol. The number of esters is 1. The summed E-state index contributed by atoms with van der Waals surface area (Å²) < 4.78 is 13.4. The molecule has 0 radical (unpaired) electrons. The molecule has 3 aromatic rings. The van der Waals surface area contributed by atoms with Crippen LogP contribution in [0.5, 0.6) is 0 Å². The molecule has 1 aliphatic heterocycles. The largest absolute Gasteiger partial charge is 0.463 e. The molecule has 8 heteroatoms.